The lowest BCUT2D eigenvalue weighted by Gasteiger charge is -2.16. The molecule has 0 saturated heterocycles. The first-order chi connectivity index (χ1) is 8.97. The summed E-state index contributed by atoms with van der Waals surface area (Å²) in [5.41, 5.74) is 1.17. The average molecular weight is 302 g/mol. The number of hydrogen-bond donors (Lipinski definition) is 1. The molecule has 0 unspecified atom stereocenters. The SMILES string of the molecule is CCCCS(=O)(=O)NCC1(c2ccc(Cl)cc2)CC1. The Hall–Kier alpha value is -0.580. The number of unbranched alkanes of at least 4 members (excludes halogenated alkanes) is 1. The number of rotatable bonds is 7. The summed E-state index contributed by atoms with van der Waals surface area (Å²) >= 11 is 5.88. The van der Waals surface area contributed by atoms with Crippen LogP contribution in [-0.2, 0) is 15.4 Å². The first-order valence-corrected chi connectivity index (χ1v) is 8.74. The zero-order valence-corrected chi connectivity index (χ0v) is 12.7. The zero-order chi connectivity index (χ0) is 13.9. The fraction of sp³-hybridized carbons (Fsp3) is 0.571. The Balaban J connectivity index is 1.97. The van der Waals surface area contributed by atoms with E-state index >= 15 is 0 Å². The zero-order valence-electron chi connectivity index (χ0n) is 11.2. The van der Waals surface area contributed by atoms with E-state index in [1.807, 2.05) is 31.2 Å². The highest BCUT2D eigenvalue weighted by atomic mass is 35.5. The number of benzene rings is 1. The first kappa shape index (κ1) is 14.8. The van der Waals surface area contributed by atoms with E-state index in [0.29, 0.717) is 18.0 Å². The molecule has 3 nitrogen and oxygen atoms in total. The van der Waals surface area contributed by atoms with E-state index in [-0.39, 0.29) is 11.2 Å². The molecule has 1 aliphatic rings. The van der Waals surface area contributed by atoms with E-state index in [2.05, 4.69) is 4.72 Å². The van der Waals surface area contributed by atoms with E-state index in [9.17, 15) is 8.42 Å². The molecule has 0 atom stereocenters. The second-order valence-electron chi connectivity index (χ2n) is 5.28. The molecule has 1 aromatic rings. The number of hydrogen-bond acceptors (Lipinski definition) is 2. The molecule has 0 bridgehead atoms. The highest BCUT2D eigenvalue weighted by Crippen LogP contribution is 2.47. The van der Waals surface area contributed by atoms with Gasteiger partial charge in [0, 0.05) is 17.0 Å². The van der Waals surface area contributed by atoms with Gasteiger partial charge < -0.3 is 0 Å². The second-order valence-corrected chi connectivity index (χ2v) is 7.64. The smallest absolute Gasteiger partial charge is 0.211 e. The lowest BCUT2D eigenvalue weighted by Crippen LogP contribution is -2.33. The maximum absolute atomic E-state index is 11.8. The Morgan fingerprint density at radius 3 is 2.42 bits per heavy atom. The van der Waals surface area contributed by atoms with Gasteiger partial charge in [-0.3, -0.25) is 0 Å². The molecule has 5 heteroatoms. The van der Waals surface area contributed by atoms with Crippen molar-refractivity contribution in [3.63, 3.8) is 0 Å². The summed E-state index contributed by atoms with van der Waals surface area (Å²) < 4.78 is 26.4. The van der Waals surface area contributed by atoms with E-state index in [4.69, 9.17) is 11.6 Å². The van der Waals surface area contributed by atoms with E-state index in [1.54, 1.807) is 0 Å². The fourth-order valence-corrected chi connectivity index (χ4v) is 3.61. The van der Waals surface area contributed by atoms with Crippen molar-refractivity contribution in [1.29, 1.82) is 0 Å². The molecule has 0 heterocycles. The van der Waals surface area contributed by atoms with Crippen LogP contribution in [0.5, 0.6) is 0 Å². The van der Waals surface area contributed by atoms with Gasteiger partial charge in [-0.15, -0.1) is 0 Å². The van der Waals surface area contributed by atoms with Crippen molar-refractivity contribution < 1.29 is 8.42 Å². The molecule has 1 fully saturated rings. The minimum atomic E-state index is -3.13. The van der Waals surface area contributed by atoms with Crippen LogP contribution in [0.3, 0.4) is 0 Å². The van der Waals surface area contributed by atoms with Gasteiger partial charge in [0.25, 0.3) is 0 Å². The van der Waals surface area contributed by atoms with Gasteiger partial charge in [0.2, 0.25) is 10.0 Å². The van der Waals surface area contributed by atoms with Crippen LogP contribution in [0.2, 0.25) is 5.02 Å². The Bertz CT molecular complexity index is 521. The highest BCUT2D eigenvalue weighted by molar-refractivity contribution is 7.89. The van der Waals surface area contributed by atoms with Gasteiger partial charge in [0.1, 0.15) is 0 Å². The summed E-state index contributed by atoms with van der Waals surface area (Å²) in [6, 6.07) is 7.72. The van der Waals surface area contributed by atoms with Crippen LogP contribution in [0.1, 0.15) is 38.2 Å². The number of sulfonamides is 1. The summed E-state index contributed by atoms with van der Waals surface area (Å²) in [6.07, 6.45) is 3.67. The van der Waals surface area contributed by atoms with Crippen LogP contribution in [0, 0.1) is 0 Å². The van der Waals surface area contributed by atoms with Crippen molar-refractivity contribution in [1.82, 2.24) is 4.72 Å². The van der Waals surface area contributed by atoms with Crippen LogP contribution in [0.4, 0.5) is 0 Å². The van der Waals surface area contributed by atoms with Gasteiger partial charge in [0.15, 0.2) is 0 Å². The summed E-state index contributed by atoms with van der Waals surface area (Å²) in [4.78, 5) is 0. The van der Waals surface area contributed by atoms with Crippen molar-refractivity contribution >= 4 is 21.6 Å². The predicted octanol–water partition coefficient (Wildman–Crippen LogP) is 3.09. The predicted molar refractivity (Wildman–Crippen MR) is 79.1 cm³/mol. The van der Waals surface area contributed by atoms with Crippen LogP contribution >= 0.6 is 11.6 Å². The standard InChI is InChI=1S/C14H20ClNO2S/c1-2-3-10-19(17,18)16-11-14(8-9-14)12-4-6-13(15)7-5-12/h4-7,16H,2-3,8-11H2,1H3. The van der Waals surface area contributed by atoms with Crippen LogP contribution < -0.4 is 4.72 Å². The van der Waals surface area contributed by atoms with Gasteiger partial charge in [-0.05, 0) is 37.0 Å². The molecule has 0 aliphatic heterocycles. The normalized spacial score (nSPS) is 17.4. The molecule has 2 rings (SSSR count). The van der Waals surface area contributed by atoms with Crippen molar-refractivity contribution in [2.75, 3.05) is 12.3 Å². The summed E-state index contributed by atoms with van der Waals surface area (Å²) in [5.74, 6) is 0.222. The van der Waals surface area contributed by atoms with Crippen molar-refractivity contribution in [3.05, 3.63) is 34.9 Å². The molecular weight excluding hydrogens is 282 g/mol. The highest BCUT2D eigenvalue weighted by Gasteiger charge is 2.44. The topological polar surface area (TPSA) is 46.2 Å². The quantitative estimate of drug-likeness (QED) is 0.841. The summed E-state index contributed by atoms with van der Waals surface area (Å²) in [7, 11) is -3.13. The average Bonchev–Trinajstić information content (AvgIpc) is 3.16. The lowest BCUT2D eigenvalue weighted by atomic mass is 9.96. The Morgan fingerprint density at radius 1 is 1.26 bits per heavy atom. The van der Waals surface area contributed by atoms with Crippen LogP contribution in [0.25, 0.3) is 0 Å². The molecule has 0 aromatic heterocycles. The third-order valence-corrected chi connectivity index (χ3v) is 5.37. The minimum absolute atomic E-state index is 0.0100. The van der Waals surface area contributed by atoms with Gasteiger partial charge >= 0.3 is 0 Å². The van der Waals surface area contributed by atoms with Gasteiger partial charge in [-0.25, -0.2) is 13.1 Å². The lowest BCUT2D eigenvalue weighted by molar-refractivity contribution is 0.564. The maximum atomic E-state index is 11.8. The fourth-order valence-electron chi connectivity index (χ4n) is 2.18. The number of nitrogens with one attached hydrogen (secondary N) is 1. The third kappa shape index (κ3) is 3.94. The van der Waals surface area contributed by atoms with Gasteiger partial charge in [0.05, 0.1) is 5.75 Å². The van der Waals surface area contributed by atoms with Crippen LogP contribution in [-0.4, -0.2) is 20.7 Å². The Kier molecular flexibility index (Phi) is 4.54. The number of halogens is 1. The van der Waals surface area contributed by atoms with E-state index in [1.165, 1.54) is 5.56 Å². The molecule has 1 N–H and O–H groups in total. The first-order valence-electron chi connectivity index (χ1n) is 6.71. The molecule has 106 valence electrons. The third-order valence-electron chi connectivity index (χ3n) is 3.71. The van der Waals surface area contributed by atoms with Crippen LogP contribution in [0.15, 0.2) is 24.3 Å². The van der Waals surface area contributed by atoms with Crippen molar-refractivity contribution in [3.8, 4) is 0 Å². The molecule has 0 spiro atoms. The van der Waals surface area contributed by atoms with Gasteiger partial charge in [-0.2, -0.15) is 0 Å². The minimum Gasteiger partial charge on any atom is -0.214 e. The Labute approximate surface area is 120 Å². The summed E-state index contributed by atoms with van der Waals surface area (Å²) in [6.45, 7) is 2.49. The van der Waals surface area contributed by atoms with Crippen molar-refractivity contribution in [2.45, 2.75) is 38.0 Å². The van der Waals surface area contributed by atoms with E-state index in [0.717, 1.165) is 19.3 Å². The molecule has 1 aromatic carbocycles. The monoisotopic (exact) mass is 301 g/mol. The molecule has 1 aliphatic carbocycles. The molecule has 0 amide bonds. The largest absolute Gasteiger partial charge is 0.214 e. The Morgan fingerprint density at radius 2 is 1.89 bits per heavy atom. The van der Waals surface area contributed by atoms with E-state index < -0.39 is 10.0 Å². The molecule has 0 radical (unpaired) electrons. The maximum Gasteiger partial charge on any atom is 0.211 e. The second kappa shape index (κ2) is 5.81. The molecular formula is C14H20ClNO2S. The summed E-state index contributed by atoms with van der Waals surface area (Å²) in [5, 5.41) is 0.711. The van der Waals surface area contributed by atoms with Gasteiger partial charge in [-0.1, -0.05) is 37.1 Å². The molecule has 1 saturated carbocycles. The van der Waals surface area contributed by atoms with Crippen molar-refractivity contribution in [2.24, 2.45) is 0 Å². The molecule has 19 heavy (non-hydrogen) atoms.